The molecule has 1 N–H and O–H groups in total. The van der Waals surface area contributed by atoms with E-state index in [1.54, 1.807) is 23.2 Å². The predicted molar refractivity (Wildman–Crippen MR) is 101 cm³/mol. The number of benzene rings is 1. The number of amides is 1. The van der Waals surface area contributed by atoms with Crippen molar-refractivity contribution in [1.82, 2.24) is 14.1 Å². The molecule has 2 aromatic heterocycles. The number of thiazole rings is 1. The van der Waals surface area contributed by atoms with Crippen LogP contribution in [-0.2, 0) is 25.3 Å². The molecule has 1 amide bonds. The molecule has 0 spiro atoms. The van der Waals surface area contributed by atoms with E-state index in [2.05, 4.69) is 24.1 Å². The van der Waals surface area contributed by atoms with E-state index in [0.29, 0.717) is 23.9 Å². The molecule has 1 aromatic carbocycles. The quantitative estimate of drug-likeness (QED) is 0.762. The molecule has 6 nitrogen and oxygen atoms in total. The van der Waals surface area contributed by atoms with Gasteiger partial charge in [0, 0.05) is 25.9 Å². The van der Waals surface area contributed by atoms with Crippen molar-refractivity contribution in [2.45, 2.75) is 32.6 Å². The number of nitrogens with one attached hydrogen (secondary N) is 1. The van der Waals surface area contributed by atoms with Gasteiger partial charge in [-0.15, -0.1) is 11.3 Å². The second-order valence-electron chi connectivity index (χ2n) is 6.50. The van der Waals surface area contributed by atoms with Crippen LogP contribution in [0, 0.1) is 0 Å². The van der Waals surface area contributed by atoms with E-state index in [-0.39, 0.29) is 11.6 Å². The highest BCUT2D eigenvalue weighted by atomic mass is 32.1. The van der Waals surface area contributed by atoms with Gasteiger partial charge in [-0.2, -0.15) is 0 Å². The Balaban J connectivity index is 1.66. The van der Waals surface area contributed by atoms with Crippen LogP contribution in [0.4, 0.5) is 5.13 Å². The van der Waals surface area contributed by atoms with Gasteiger partial charge in [0.1, 0.15) is 0 Å². The Morgan fingerprint density at radius 3 is 2.64 bits per heavy atom. The monoisotopic (exact) mass is 358 g/mol. The van der Waals surface area contributed by atoms with Gasteiger partial charge in [0.25, 0.3) is 0 Å². The topological polar surface area (TPSA) is 68.9 Å². The molecule has 25 heavy (non-hydrogen) atoms. The van der Waals surface area contributed by atoms with Gasteiger partial charge < -0.3 is 5.32 Å². The standard InChI is InChI=1S/C18H22N4O2S/c1-11(2)13-10-25-17(19-13)20-16(23)8-6-12-5-7-14-15(9-12)22(4)18(24)21(14)3/h5,7,9-11H,6,8H2,1-4H3,(H,19,20,23). The van der Waals surface area contributed by atoms with Crippen molar-refractivity contribution in [3.63, 3.8) is 0 Å². The lowest BCUT2D eigenvalue weighted by Crippen LogP contribution is -2.19. The van der Waals surface area contributed by atoms with Gasteiger partial charge in [0.2, 0.25) is 5.91 Å². The summed E-state index contributed by atoms with van der Waals surface area (Å²) in [7, 11) is 3.52. The Bertz CT molecular complexity index is 981. The summed E-state index contributed by atoms with van der Waals surface area (Å²) < 4.78 is 3.25. The zero-order valence-electron chi connectivity index (χ0n) is 14.9. The minimum absolute atomic E-state index is 0.0466. The number of imidazole rings is 1. The Morgan fingerprint density at radius 1 is 1.24 bits per heavy atom. The summed E-state index contributed by atoms with van der Waals surface area (Å²) in [6.07, 6.45) is 0.996. The number of nitrogens with zero attached hydrogens (tertiary/aromatic N) is 3. The smallest absolute Gasteiger partial charge is 0.302 e. The van der Waals surface area contributed by atoms with Crippen molar-refractivity contribution in [2.75, 3.05) is 5.32 Å². The predicted octanol–water partition coefficient (Wildman–Crippen LogP) is 3.03. The fraction of sp³-hybridized carbons (Fsp3) is 0.389. The number of aryl methyl sites for hydroxylation is 3. The van der Waals surface area contributed by atoms with Crippen molar-refractivity contribution >= 4 is 33.4 Å². The molecule has 0 aliphatic carbocycles. The highest BCUT2D eigenvalue weighted by molar-refractivity contribution is 7.13. The van der Waals surface area contributed by atoms with Crippen molar-refractivity contribution < 1.29 is 4.79 Å². The van der Waals surface area contributed by atoms with Gasteiger partial charge in [-0.1, -0.05) is 19.9 Å². The Labute approximate surface area is 150 Å². The first kappa shape index (κ1) is 17.4. The highest BCUT2D eigenvalue weighted by Gasteiger charge is 2.11. The van der Waals surface area contributed by atoms with E-state index in [1.165, 1.54) is 11.3 Å². The van der Waals surface area contributed by atoms with Gasteiger partial charge >= 0.3 is 5.69 Å². The molecular formula is C18H22N4O2S. The molecule has 3 aromatic rings. The van der Waals surface area contributed by atoms with Crippen molar-refractivity contribution in [2.24, 2.45) is 14.1 Å². The van der Waals surface area contributed by atoms with Crippen LogP contribution in [0.15, 0.2) is 28.4 Å². The normalized spacial score (nSPS) is 11.4. The van der Waals surface area contributed by atoms with Gasteiger partial charge in [-0.3, -0.25) is 13.9 Å². The first-order valence-corrected chi connectivity index (χ1v) is 9.14. The van der Waals surface area contributed by atoms with Crippen molar-refractivity contribution in [3.8, 4) is 0 Å². The zero-order chi connectivity index (χ0) is 18.1. The minimum atomic E-state index is -0.0493. The highest BCUT2D eigenvalue weighted by Crippen LogP contribution is 2.22. The SMILES string of the molecule is CC(C)c1csc(NC(=O)CCc2ccc3c(c2)n(C)c(=O)n3C)n1. The Morgan fingerprint density at radius 2 is 1.96 bits per heavy atom. The molecule has 2 heterocycles. The second kappa shape index (κ2) is 6.84. The molecular weight excluding hydrogens is 336 g/mol. The summed E-state index contributed by atoms with van der Waals surface area (Å²) in [5, 5.41) is 5.48. The van der Waals surface area contributed by atoms with E-state index in [9.17, 15) is 9.59 Å². The van der Waals surface area contributed by atoms with Crippen LogP contribution in [0.5, 0.6) is 0 Å². The number of anilines is 1. The van der Waals surface area contributed by atoms with Gasteiger partial charge in [0.15, 0.2) is 5.13 Å². The molecule has 0 radical (unpaired) electrons. The summed E-state index contributed by atoms with van der Waals surface area (Å²) >= 11 is 1.45. The van der Waals surface area contributed by atoms with Crippen LogP contribution in [0.3, 0.4) is 0 Å². The molecule has 7 heteroatoms. The van der Waals surface area contributed by atoms with Crippen LogP contribution in [0.25, 0.3) is 11.0 Å². The third-order valence-electron chi connectivity index (χ3n) is 4.34. The van der Waals surface area contributed by atoms with Crippen LogP contribution >= 0.6 is 11.3 Å². The summed E-state index contributed by atoms with van der Waals surface area (Å²) in [6.45, 7) is 4.15. The van der Waals surface area contributed by atoms with Crippen molar-refractivity contribution in [1.29, 1.82) is 0 Å². The third-order valence-corrected chi connectivity index (χ3v) is 5.11. The lowest BCUT2D eigenvalue weighted by Gasteiger charge is -2.04. The van der Waals surface area contributed by atoms with E-state index < -0.39 is 0 Å². The van der Waals surface area contributed by atoms with Gasteiger partial charge in [0.05, 0.1) is 16.7 Å². The van der Waals surface area contributed by atoms with Gasteiger partial charge in [-0.05, 0) is 30.0 Å². The Kier molecular flexibility index (Phi) is 4.76. The van der Waals surface area contributed by atoms with E-state index in [4.69, 9.17) is 0 Å². The van der Waals surface area contributed by atoms with Crippen LogP contribution in [0.2, 0.25) is 0 Å². The number of fused-ring (bicyclic) bond motifs is 1. The van der Waals surface area contributed by atoms with Crippen LogP contribution in [0.1, 0.15) is 37.4 Å². The maximum atomic E-state index is 12.1. The maximum absolute atomic E-state index is 12.1. The first-order chi connectivity index (χ1) is 11.9. The summed E-state index contributed by atoms with van der Waals surface area (Å²) in [5.41, 5.74) is 3.76. The molecule has 132 valence electrons. The molecule has 3 rings (SSSR count). The second-order valence-corrected chi connectivity index (χ2v) is 7.36. The average molecular weight is 358 g/mol. The first-order valence-electron chi connectivity index (χ1n) is 8.26. The van der Waals surface area contributed by atoms with Crippen LogP contribution < -0.4 is 11.0 Å². The fourth-order valence-electron chi connectivity index (χ4n) is 2.76. The van der Waals surface area contributed by atoms with E-state index in [1.807, 2.05) is 23.6 Å². The molecule has 0 aliphatic heterocycles. The summed E-state index contributed by atoms with van der Waals surface area (Å²) in [5.74, 6) is 0.304. The van der Waals surface area contributed by atoms with Crippen LogP contribution in [-0.4, -0.2) is 20.0 Å². The number of hydrogen-bond donors (Lipinski definition) is 1. The fourth-order valence-corrected chi connectivity index (χ4v) is 3.64. The number of aromatic nitrogens is 3. The lowest BCUT2D eigenvalue weighted by molar-refractivity contribution is -0.116. The maximum Gasteiger partial charge on any atom is 0.328 e. The lowest BCUT2D eigenvalue weighted by atomic mass is 10.1. The molecule has 0 saturated carbocycles. The van der Waals surface area contributed by atoms with Gasteiger partial charge in [-0.25, -0.2) is 9.78 Å². The van der Waals surface area contributed by atoms with E-state index in [0.717, 1.165) is 22.3 Å². The van der Waals surface area contributed by atoms with E-state index >= 15 is 0 Å². The molecule has 0 saturated heterocycles. The minimum Gasteiger partial charge on any atom is -0.302 e. The molecule has 0 aliphatic rings. The number of rotatable bonds is 5. The Hall–Kier alpha value is -2.41. The molecule has 0 fully saturated rings. The molecule has 0 atom stereocenters. The molecule has 0 unspecified atom stereocenters. The largest absolute Gasteiger partial charge is 0.328 e. The summed E-state index contributed by atoms with van der Waals surface area (Å²) in [6, 6.07) is 5.87. The molecule has 0 bridgehead atoms. The zero-order valence-corrected chi connectivity index (χ0v) is 15.7. The number of carbonyl (C=O) groups is 1. The number of hydrogen-bond acceptors (Lipinski definition) is 4. The van der Waals surface area contributed by atoms with Crippen molar-refractivity contribution in [3.05, 3.63) is 45.3 Å². The third kappa shape index (κ3) is 3.51. The summed E-state index contributed by atoms with van der Waals surface area (Å²) in [4.78, 5) is 28.5. The number of carbonyl (C=O) groups excluding carboxylic acids is 1. The average Bonchev–Trinajstić information content (AvgIpc) is 3.13.